The number of hydrogen-bond acceptors (Lipinski definition) is 2. The van der Waals surface area contributed by atoms with Crippen molar-refractivity contribution in [2.75, 3.05) is 13.1 Å². The van der Waals surface area contributed by atoms with E-state index < -0.39 is 6.30 Å². The summed E-state index contributed by atoms with van der Waals surface area (Å²) in [7, 11) is 0. The Morgan fingerprint density at radius 1 is 1.11 bits per heavy atom. The molecule has 0 bridgehead atoms. The van der Waals surface area contributed by atoms with Crippen LogP contribution in [-0.2, 0) is 6.42 Å². The molecule has 2 unspecified atom stereocenters. The van der Waals surface area contributed by atoms with Gasteiger partial charge in [0.2, 0.25) is 0 Å². The maximum atomic E-state index is 12.9. The highest BCUT2D eigenvalue weighted by molar-refractivity contribution is 5.14. The van der Waals surface area contributed by atoms with Gasteiger partial charge in [0.05, 0.1) is 0 Å². The molecule has 1 aromatic rings. The zero-order chi connectivity index (χ0) is 13.9. The lowest BCUT2D eigenvalue weighted by atomic mass is 10.1. The molecule has 1 rings (SSSR count). The van der Waals surface area contributed by atoms with Crippen LogP contribution in [0.1, 0.15) is 38.7 Å². The van der Waals surface area contributed by atoms with Crippen LogP contribution >= 0.6 is 0 Å². The minimum Gasteiger partial charge on any atom is -0.316 e. The predicted molar refractivity (Wildman–Crippen MR) is 80.0 cm³/mol. The molecule has 0 saturated heterocycles. The maximum Gasteiger partial charge on any atom is 0.148 e. The van der Waals surface area contributed by atoms with E-state index in [1.807, 2.05) is 6.07 Å². The molecule has 0 amide bonds. The Labute approximate surface area is 116 Å². The van der Waals surface area contributed by atoms with Gasteiger partial charge in [-0.05, 0) is 44.8 Å². The maximum absolute atomic E-state index is 12.9. The van der Waals surface area contributed by atoms with E-state index in [0.717, 1.165) is 38.8 Å². The number of alkyl halides is 1. The molecule has 0 spiro atoms. The third-order valence-electron chi connectivity index (χ3n) is 3.21. The predicted octanol–water partition coefficient (Wildman–Crippen LogP) is 3.28. The number of benzene rings is 1. The molecule has 108 valence electrons. The zero-order valence-electron chi connectivity index (χ0n) is 12.2. The van der Waals surface area contributed by atoms with Crippen molar-refractivity contribution < 1.29 is 4.39 Å². The van der Waals surface area contributed by atoms with Gasteiger partial charge < -0.3 is 5.32 Å². The normalized spacial score (nSPS) is 14.3. The van der Waals surface area contributed by atoms with Crippen LogP contribution < -0.4 is 10.6 Å². The van der Waals surface area contributed by atoms with E-state index in [0.29, 0.717) is 0 Å². The van der Waals surface area contributed by atoms with Gasteiger partial charge in [0.25, 0.3) is 0 Å². The van der Waals surface area contributed by atoms with Crippen LogP contribution in [0, 0.1) is 0 Å². The standard InChI is InChI=1S/C16H27FN2/c1-3-7-16(19-14(2)17)11-13-18-12-10-15-8-5-4-6-9-15/h4-6,8-9,14,16,18-19H,3,7,10-13H2,1-2H3. The van der Waals surface area contributed by atoms with Crippen molar-refractivity contribution in [1.29, 1.82) is 0 Å². The summed E-state index contributed by atoms with van der Waals surface area (Å²) >= 11 is 0. The SMILES string of the molecule is CCCC(CCNCCc1ccccc1)NC(C)F. The first-order valence-corrected chi connectivity index (χ1v) is 7.37. The zero-order valence-corrected chi connectivity index (χ0v) is 12.2. The molecular weight excluding hydrogens is 239 g/mol. The fraction of sp³-hybridized carbons (Fsp3) is 0.625. The lowest BCUT2D eigenvalue weighted by Gasteiger charge is -2.19. The largest absolute Gasteiger partial charge is 0.316 e. The molecule has 0 aliphatic heterocycles. The molecule has 0 fully saturated rings. The molecule has 0 saturated carbocycles. The topological polar surface area (TPSA) is 24.1 Å². The molecule has 0 heterocycles. The minimum atomic E-state index is -0.916. The van der Waals surface area contributed by atoms with E-state index in [1.165, 1.54) is 5.56 Å². The van der Waals surface area contributed by atoms with E-state index in [2.05, 4.69) is 41.8 Å². The van der Waals surface area contributed by atoms with Crippen molar-refractivity contribution in [3.05, 3.63) is 35.9 Å². The van der Waals surface area contributed by atoms with Gasteiger partial charge in [-0.3, -0.25) is 5.32 Å². The van der Waals surface area contributed by atoms with Gasteiger partial charge in [0.1, 0.15) is 6.30 Å². The molecule has 0 radical (unpaired) electrons. The van der Waals surface area contributed by atoms with Crippen molar-refractivity contribution in [2.45, 2.75) is 51.9 Å². The minimum absolute atomic E-state index is 0.286. The van der Waals surface area contributed by atoms with Crippen LogP contribution in [0.15, 0.2) is 30.3 Å². The van der Waals surface area contributed by atoms with Crippen molar-refractivity contribution in [2.24, 2.45) is 0 Å². The monoisotopic (exact) mass is 266 g/mol. The third-order valence-corrected chi connectivity index (χ3v) is 3.21. The summed E-state index contributed by atoms with van der Waals surface area (Å²) < 4.78 is 12.9. The first-order chi connectivity index (χ1) is 9.22. The van der Waals surface area contributed by atoms with Crippen LogP contribution in [0.25, 0.3) is 0 Å². The molecule has 0 aliphatic carbocycles. The smallest absolute Gasteiger partial charge is 0.148 e. The number of rotatable bonds is 10. The Hall–Kier alpha value is -0.930. The fourth-order valence-electron chi connectivity index (χ4n) is 2.26. The molecule has 2 N–H and O–H groups in total. The Balaban J connectivity index is 2.11. The van der Waals surface area contributed by atoms with Crippen LogP contribution in [-0.4, -0.2) is 25.4 Å². The van der Waals surface area contributed by atoms with Gasteiger partial charge in [0, 0.05) is 6.04 Å². The van der Waals surface area contributed by atoms with Gasteiger partial charge in [-0.25, -0.2) is 4.39 Å². The molecular formula is C16H27FN2. The van der Waals surface area contributed by atoms with Gasteiger partial charge in [-0.1, -0.05) is 43.7 Å². The highest BCUT2D eigenvalue weighted by atomic mass is 19.1. The molecule has 2 nitrogen and oxygen atoms in total. The summed E-state index contributed by atoms with van der Waals surface area (Å²) in [5, 5.41) is 6.42. The Morgan fingerprint density at radius 3 is 2.47 bits per heavy atom. The van der Waals surface area contributed by atoms with Crippen molar-refractivity contribution >= 4 is 0 Å². The van der Waals surface area contributed by atoms with Gasteiger partial charge in [-0.15, -0.1) is 0 Å². The average Bonchev–Trinajstić information content (AvgIpc) is 2.39. The van der Waals surface area contributed by atoms with Crippen molar-refractivity contribution in [3.8, 4) is 0 Å². The number of hydrogen-bond donors (Lipinski definition) is 2. The summed E-state index contributed by atoms with van der Waals surface area (Å²) in [4.78, 5) is 0. The Kier molecular flexibility index (Phi) is 8.43. The highest BCUT2D eigenvalue weighted by Gasteiger charge is 2.09. The van der Waals surface area contributed by atoms with E-state index in [4.69, 9.17) is 0 Å². The summed E-state index contributed by atoms with van der Waals surface area (Å²) in [5.41, 5.74) is 1.36. The third kappa shape index (κ3) is 7.96. The van der Waals surface area contributed by atoms with Gasteiger partial charge in [-0.2, -0.15) is 0 Å². The number of nitrogens with one attached hydrogen (secondary N) is 2. The van der Waals surface area contributed by atoms with E-state index >= 15 is 0 Å². The number of halogens is 1. The quantitative estimate of drug-likeness (QED) is 0.501. The molecule has 0 aliphatic rings. The Morgan fingerprint density at radius 2 is 1.84 bits per heavy atom. The van der Waals surface area contributed by atoms with Crippen LogP contribution in [0.4, 0.5) is 4.39 Å². The van der Waals surface area contributed by atoms with Gasteiger partial charge in [0.15, 0.2) is 0 Å². The summed E-state index contributed by atoms with van der Waals surface area (Å²) in [6.45, 7) is 5.62. The lowest BCUT2D eigenvalue weighted by Crippen LogP contribution is -2.36. The first kappa shape index (κ1) is 16.1. The summed E-state index contributed by atoms with van der Waals surface area (Å²) in [6, 6.07) is 10.8. The first-order valence-electron chi connectivity index (χ1n) is 7.37. The molecule has 19 heavy (non-hydrogen) atoms. The van der Waals surface area contributed by atoms with E-state index in [1.54, 1.807) is 6.92 Å². The van der Waals surface area contributed by atoms with Crippen molar-refractivity contribution in [3.63, 3.8) is 0 Å². The van der Waals surface area contributed by atoms with Crippen LogP contribution in [0.3, 0.4) is 0 Å². The summed E-state index contributed by atoms with van der Waals surface area (Å²) in [6.07, 6.45) is 3.24. The second kappa shape index (κ2) is 9.93. The van der Waals surface area contributed by atoms with Crippen LogP contribution in [0.2, 0.25) is 0 Å². The highest BCUT2D eigenvalue weighted by Crippen LogP contribution is 2.03. The Bertz CT molecular complexity index is 314. The fourth-order valence-corrected chi connectivity index (χ4v) is 2.26. The van der Waals surface area contributed by atoms with E-state index in [-0.39, 0.29) is 6.04 Å². The lowest BCUT2D eigenvalue weighted by molar-refractivity contribution is 0.253. The molecule has 3 heteroatoms. The van der Waals surface area contributed by atoms with Crippen LogP contribution in [0.5, 0.6) is 0 Å². The molecule has 0 aromatic heterocycles. The second-order valence-corrected chi connectivity index (χ2v) is 5.04. The van der Waals surface area contributed by atoms with Crippen molar-refractivity contribution in [1.82, 2.24) is 10.6 Å². The molecule has 1 aromatic carbocycles. The average molecular weight is 266 g/mol. The van der Waals surface area contributed by atoms with E-state index in [9.17, 15) is 4.39 Å². The summed E-state index contributed by atoms with van der Waals surface area (Å²) in [5.74, 6) is 0. The molecule has 2 atom stereocenters. The van der Waals surface area contributed by atoms with Gasteiger partial charge >= 0.3 is 0 Å². The second-order valence-electron chi connectivity index (χ2n) is 5.04.